The van der Waals surface area contributed by atoms with Gasteiger partial charge in [-0.1, -0.05) is 34.6 Å². The minimum absolute atomic E-state index is 0.0804. The lowest BCUT2D eigenvalue weighted by atomic mass is 9.43. The van der Waals surface area contributed by atoms with Crippen LogP contribution in [0.3, 0.4) is 0 Å². The number of aliphatic hydroxyl groups is 1. The molecule has 0 radical (unpaired) electrons. The Hall–Kier alpha value is -0.650. The van der Waals surface area contributed by atoms with Crippen molar-refractivity contribution in [2.75, 3.05) is 20.2 Å². The van der Waals surface area contributed by atoms with Gasteiger partial charge in [0.2, 0.25) is 0 Å². The molecule has 0 aromatic heterocycles. The molecular weight excluding hydrogens is 436 g/mol. The van der Waals surface area contributed by atoms with Crippen molar-refractivity contribution in [1.29, 1.82) is 0 Å². The number of ether oxygens (including phenoxy) is 1. The molecule has 0 spiro atoms. The third kappa shape index (κ3) is 5.34. The summed E-state index contributed by atoms with van der Waals surface area (Å²) in [6.45, 7) is 14.0. The molecule has 5 nitrogen and oxygen atoms in total. The van der Waals surface area contributed by atoms with Gasteiger partial charge in [-0.15, -0.1) is 0 Å². The molecule has 4 fully saturated rings. The van der Waals surface area contributed by atoms with Gasteiger partial charge in [0.05, 0.1) is 13.2 Å². The van der Waals surface area contributed by atoms with E-state index in [0.717, 1.165) is 25.9 Å². The van der Waals surface area contributed by atoms with Crippen molar-refractivity contribution in [3.8, 4) is 0 Å². The van der Waals surface area contributed by atoms with E-state index in [0.29, 0.717) is 64.8 Å². The molecule has 4 aliphatic rings. The van der Waals surface area contributed by atoms with Gasteiger partial charge in [-0.25, -0.2) is 0 Å². The van der Waals surface area contributed by atoms with E-state index >= 15 is 0 Å². The van der Waals surface area contributed by atoms with Crippen LogP contribution in [-0.2, 0) is 9.53 Å². The molecule has 0 aliphatic heterocycles. The van der Waals surface area contributed by atoms with Crippen LogP contribution in [0, 0.1) is 46.3 Å². The topological polar surface area (TPSA) is 70.6 Å². The molecular formula is C30H54N2O3. The van der Waals surface area contributed by atoms with Crippen molar-refractivity contribution < 1.29 is 14.6 Å². The second-order valence-corrected chi connectivity index (χ2v) is 13.7. The molecule has 4 aliphatic carbocycles. The van der Waals surface area contributed by atoms with E-state index < -0.39 is 0 Å². The molecule has 4 unspecified atom stereocenters. The molecule has 0 amide bonds. The summed E-state index contributed by atoms with van der Waals surface area (Å²) in [7, 11) is 1.49. The van der Waals surface area contributed by atoms with Gasteiger partial charge < -0.3 is 20.5 Å². The van der Waals surface area contributed by atoms with Gasteiger partial charge in [0, 0.05) is 31.6 Å². The number of rotatable bonds is 9. The highest BCUT2D eigenvalue weighted by molar-refractivity contribution is 5.69. The van der Waals surface area contributed by atoms with Crippen LogP contribution >= 0.6 is 0 Å². The van der Waals surface area contributed by atoms with Crippen molar-refractivity contribution >= 4 is 5.97 Å². The number of hydrogen-bond donors (Lipinski definition) is 3. The van der Waals surface area contributed by atoms with E-state index in [1.807, 2.05) is 0 Å². The first-order chi connectivity index (χ1) is 16.6. The monoisotopic (exact) mass is 490 g/mol. The molecule has 0 aromatic carbocycles. The first-order valence-corrected chi connectivity index (χ1v) is 14.8. The smallest absolute Gasteiger partial charge is 0.305 e. The van der Waals surface area contributed by atoms with E-state index in [1.165, 1.54) is 52.1 Å². The Morgan fingerprint density at radius 3 is 2.43 bits per heavy atom. The molecule has 0 bridgehead atoms. The molecule has 10 atom stereocenters. The quantitative estimate of drug-likeness (QED) is 0.308. The fourth-order valence-corrected chi connectivity index (χ4v) is 9.67. The Morgan fingerprint density at radius 2 is 1.71 bits per heavy atom. The van der Waals surface area contributed by atoms with Crippen LogP contribution in [0.15, 0.2) is 0 Å². The lowest BCUT2D eigenvalue weighted by Crippen LogP contribution is -2.59. The summed E-state index contributed by atoms with van der Waals surface area (Å²) >= 11 is 0. The number of fused-ring (bicyclic) bond motifs is 5. The summed E-state index contributed by atoms with van der Waals surface area (Å²) in [6, 6.07) is 1.14. The third-order valence-electron chi connectivity index (χ3n) is 11.6. The van der Waals surface area contributed by atoms with Crippen LogP contribution in [-0.4, -0.2) is 49.5 Å². The van der Waals surface area contributed by atoms with Crippen molar-refractivity contribution in [2.24, 2.45) is 46.3 Å². The molecule has 0 heterocycles. The summed E-state index contributed by atoms with van der Waals surface area (Å²) in [6.07, 6.45) is 11.2. The molecule has 4 saturated carbocycles. The first-order valence-electron chi connectivity index (χ1n) is 14.8. The normalized spacial score (nSPS) is 43.8. The van der Waals surface area contributed by atoms with Gasteiger partial charge in [0.25, 0.3) is 0 Å². The van der Waals surface area contributed by atoms with E-state index in [1.54, 1.807) is 0 Å². The number of aliphatic hydroxyl groups excluding tert-OH is 1. The zero-order chi connectivity index (χ0) is 25.4. The van der Waals surface area contributed by atoms with Crippen LogP contribution in [0.1, 0.15) is 98.8 Å². The molecule has 4 rings (SSSR count). The predicted octanol–water partition coefficient (Wildman–Crippen LogP) is 5.16. The number of esters is 1. The number of methoxy groups -OCH3 is 1. The maximum absolute atomic E-state index is 11.8. The Morgan fingerprint density at radius 1 is 1.00 bits per heavy atom. The lowest BCUT2D eigenvalue weighted by molar-refractivity contribution is -0.167. The maximum Gasteiger partial charge on any atom is 0.305 e. The van der Waals surface area contributed by atoms with E-state index in [4.69, 9.17) is 4.74 Å². The van der Waals surface area contributed by atoms with E-state index in [2.05, 4.69) is 45.3 Å². The van der Waals surface area contributed by atoms with Crippen molar-refractivity contribution in [2.45, 2.75) is 117 Å². The Kier molecular flexibility index (Phi) is 8.60. The van der Waals surface area contributed by atoms with Crippen molar-refractivity contribution in [1.82, 2.24) is 10.6 Å². The summed E-state index contributed by atoms with van der Waals surface area (Å²) < 4.78 is 4.91. The molecule has 0 saturated heterocycles. The van der Waals surface area contributed by atoms with Crippen LogP contribution in [0.4, 0.5) is 0 Å². The van der Waals surface area contributed by atoms with Crippen molar-refractivity contribution in [3.05, 3.63) is 0 Å². The number of hydrogen-bond acceptors (Lipinski definition) is 5. The Bertz CT molecular complexity index is 728. The highest BCUT2D eigenvalue weighted by atomic mass is 16.5. The molecule has 35 heavy (non-hydrogen) atoms. The SMILES string of the molecule is COC(=O)CC[C@@H](C)[C@H]1CCC2C3C(CC[C@@]21C)[C@@]1(C)CCC(NCCNC(C)C)C[C@@H]1C[C@H]3O. The third-order valence-corrected chi connectivity index (χ3v) is 11.6. The van der Waals surface area contributed by atoms with Gasteiger partial charge in [0.15, 0.2) is 0 Å². The minimum atomic E-state index is -0.145. The predicted molar refractivity (Wildman–Crippen MR) is 142 cm³/mol. The molecule has 3 N–H and O–H groups in total. The number of carbonyl (C=O) groups excluding carboxylic acids is 1. The van der Waals surface area contributed by atoms with E-state index in [9.17, 15) is 9.90 Å². The summed E-state index contributed by atoms with van der Waals surface area (Å²) in [5.41, 5.74) is 0.692. The van der Waals surface area contributed by atoms with Gasteiger partial charge in [-0.05, 0) is 104 Å². The van der Waals surface area contributed by atoms with Crippen LogP contribution in [0.5, 0.6) is 0 Å². The second kappa shape index (κ2) is 11.0. The Balaban J connectivity index is 1.40. The molecule has 5 heteroatoms. The average molecular weight is 491 g/mol. The average Bonchev–Trinajstić information content (AvgIpc) is 3.17. The minimum Gasteiger partial charge on any atom is -0.469 e. The Labute approximate surface area is 214 Å². The van der Waals surface area contributed by atoms with Crippen molar-refractivity contribution in [3.63, 3.8) is 0 Å². The molecule has 202 valence electrons. The summed E-state index contributed by atoms with van der Waals surface area (Å²) in [5, 5.41) is 19.0. The summed E-state index contributed by atoms with van der Waals surface area (Å²) in [4.78, 5) is 11.8. The standard InChI is InChI=1S/C30H54N2O3/c1-19(2)31-15-16-32-22-11-13-29(4)21(17-22)18-26(33)28-24-9-8-23(20(3)7-10-27(34)35-6)30(24,5)14-12-25(28)29/h19-26,28,31-33H,7-18H2,1-6H3/t20-,21-,22?,23-,24?,25?,26-,28?,29+,30-/m1/s1. The highest BCUT2D eigenvalue weighted by Gasteiger charge is 2.62. The van der Waals surface area contributed by atoms with Gasteiger partial charge in [-0.3, -0.25) is 4.79 Å². The highest BCUT2D eigenvalue weighted by Crippen LogP contribution is 2.68. The lowest BCUT2D eigenvalue weighted by Gasteiger charge is -2.62. The zero-order valence-electron chi connectivity index (χ0n) is 23.4. The number of carbonyl (C=O) groups is 1. The van der Waals surface area contributed by atoms with Gasteiger partial charge in [-0.2, -0.15) is 0 Å². The zero-order valence-corrected chi connectivity index (χ0v) is 23.4. The molecule has 0 aromatic rings. The second-order valence-electron chi connectivity index (χ2n) is 13.7. The first kappa shape index (κ1) is 27.4. The summed E-state index contributed by atoms with van der Waals surface area (Å²) in [5.74, 6) is 3.53. The number of nitrogens with one attached hydrogen (secondary N) is 2. The van der Waals surface area contributed by atoms with Crippen LogP contribution in [0.2, 0.25) is 0 Å². The van der Waals surface area contributed by atoms with Crippen LogP contribution in [0.25, 0.3) is 0 Å². The van der Waals surface area contributed by atoms with Crippen LogP contribution < -0.4 is 10.6 Å². The van der Waals surface area contributed by atoms with E-state index in [-0.39, 0.29) is 12.1 Å². The largest absolute Gasteiger partial charge is 0.469 e. The van der Waals surface area contributed by atoms with Gasteiger partial charge >= 0.3 is 5.97 Å². The van der Waals surface area contributed by atoms with Gasteiger partial charge in [0.1, 0.15) is 0 Å². The maximum atomic E-state index is 11.8. The fraction of sp³-hybridized carbons (Fsp3) is 0.967. The fourth-order valence-electron chi connectivity index (χ4n) is 9.67.